The van der Waals surface area contributed by atoms with E-state index in [0.717, 1.165) is 6.21 Å². The predicted octanol–water partition coefficient (Wildman–Crippen LogP) is 3.26. The lowest BCUT2D eigenvalue weighted by Crippen LogP contribution is -2.23. The van der Waals surface area contributed by atoms with Crippen molar-refractivity contribution in [2.75, 3.05) is 34.8 Å². The highest BCUT2D eigenvalue weighted by Crippen LogP contribution is 2.35. The van der Waals surface area contributed by atoms with E-state index in [1.54, 1.807) is 18.2 Å². The van der Waals surface area contributed by atoms with Gasteiger partial charge in [0, 0.05) is 30.8 Å². The summed E-state index contributed by atoms with van der Waals surface area (Å²) in [5.41, 5.74) is 0.0800. The lowest BCUT2D eigenvalue weighted by molar-refractivity contribution is -0.137. The number of rotatable bonds is 7. The van der Waals surface area contributed by atoms with Crippen molar-refractivity contribution in [3.05, 3.63) is 35.5 Å². The molecule has 2 heterocycles. The van der Waals surface area contributed by atoms with Gasteiger partial charge in [0.1, 0.15) is 11.4 Å². The number of benzene rings is 1. The van der Waals surface area contributed by atoms with Crippen LogP contribution in [0.15, 0.2) is 24.4 Å². The lowest BCUT2D eigenvalue weighted by atomic mass is 10.1. The van der Waals surface area contributed by atoms with Gasteiger partial charge in [0.15, 0.2) is 0 Å². The summed E-state index contributed by atoms with van der Waals surface area (Å²) in [5, 5.41) is 13.3. The molecule has 1 saturated heterocycles. The van der Waals surface area contributed by atoms with Crippen molar-refractivity contribution in [1.82, 2.24) is 9.97 Å². The van der Waals surface area contributed by atoms with Gasteiger partial charge in [-0.2, -0.15) is 18.2 Å². The first kappa shape index (κ1) is 22.3. The van der Waals surface area contributed by atoms with Gasteiger partial charge in [0.2, 0.25) is 5.95 Å². The van der Waals surface area contributed by atoms with Crippen LogP contribution < -0.4 is 15.4 Å². The van der Waals surface area contributed by atoms with Gasteiger partial charge < -0.3 is 25.5 Å². The van der Waals surface area contributed by atoms with Crippen LogP contribution in [0.25, 0.3) is 0 Å². The first-order valence-corrected chi connectivity index (χ1v) is 12.1. The third-order valence-corrected chi connectivity index (χ3v) is 5.15. The molecule has 1 aliphatic rings. The molecule has 0 spiro atoms. The van der Waals surface area contributed by atoms with Crippen LogP contribution in [-0.2, 0) is 20.1 Å². The topological polar surface area (TPSA) is 112 Å². The van der Waals surface area contributed by atoms with Gasteiger partial charge in [-0.15, -0.1) is 0 Å². The lowest BCUT2D eigenvalue weighted by Gasteiger charge is -2.20. The summed E-state index contributed by atoms with van der Waals surface area (Å²) >= 11 is 3.99. The molecule has 2 aromatic rings. The van der Waals surface area contributed by atoms with Crippen molar-refractivity contribution in [2.45, 2.75) is 18.6 Å². The van der Waals surface area contributed by atoms with Crippen molar-refractivity contribution in [2.24, 2.45) is 0 Å². The number of hydrogen-bond donors (Lipinski definition) is 6. The van der Waals surface area contributed by atoms with Gasteiger partial charge in [0.25, 0.3) is 0 Å². The Morgan fingerprint density at radius 3 is 2.70 bits per heavy atom. The molecule has 0 saturated carbocycles. The molecule has 8 nitrogen and oxygen atoms in total. The smallest absolute Gasteiger partial charge is 0.379 e. The molecule has 3 rings (SSSR count). The molecular formula is C17H21F3N6O2S2. The largest absolute Gasteiger partial charge is 0.421 e. The van der Waals surface area contributed by atoms with Gasteiger partial charge in [0.05, 0.1) is 24.0 Å². The maximum atomic E-state index is 13.4. The number of aromatic nitrogens is 2. The Bertz CT molecular complexity index is 976. The van der Waals surface area contributed by atoms with Crippen LogP contribution in [0.3, 0.4) is 0 Å². The van der Waals surface area contributed by atoms with Gasteiger partial charge >= 0.3 is 6.18 Å². The summed E-state index contributed by atoms with van der Waals surface area (Å²) in [6.45, 7) is 0.751. The number of hydrogen-bond acceptors (Lipinski definition) is 7. The van der Waals surface area contributed by atoms with Crippen LogP contribution in [0.2, 0.25) is 0 Å². The maximum Gasteiger partial charge on any atom is 0.421 e. The van der Waals surface area contributed by atoms with Crippen LogP contribution >= 0.6 is 11.7 Å². The Kier molecular flexibility index (Phi) is 6.53. The van der Waals surface area contributed by atoms with Crippen molar-refractivity contribution >= 4 is 50.2 Å². The first-order chi connectivity index (χ1) is 14.1. The molecule has 0 amide bonds. The third-order valence-electron chi connectivity index (χ3n) is 4.19. The van der Waals surface area contributed by atoms with E-state index in [-0.39, 0.29) is 24.4 Å². The summed E-state index contributed by atoms with van der Waals surface area (Å²) in [4.78, 5) is 7.78. The molecule has 1 atom stereocenters. The highest BCUT2D eigenvalue weighted by atomic mass is 33.1. The fourth-order valence-corrected chi connectivity index (χ4v) is 3.84. The van der Waals surface area contributed by atoms with Gasteiger partial charge in [-0.3, -0.25) is 4.21 Å². The number of alkyl halides is 3. The number of nitrogens with zero attached hydrogens (tertiary/aromatic N) is 2. The van der Waals surface area contributed by atoms with E-state index in [4.69, 9.17) is 10.1 Å². The molecule has 1 fully saturated rings. The fraction of sp³-hybridized carbons (Fsp3) is 0.353. The monoisotopic (exact) mass is 462 g/mol. The van der Waals surface area contributed by atoms with Crippen LogP contribution in [0, 0.1) is 5.41 Å². The molecule has 30 heavy (non-hydrogen) atoms. The van der Waals surface area contributed by atoms with Crippen molar-refractivity contribution in [3.63, 3.8) is 0 Å². The number of anilines is 4. The maximum absolute atomic E-state index is 13.4. The van der Waals surface area contributed by atoms with Crippen molar-refractivity contribution in [1.29, 1.82) is 5.41 Å². The average molecular weight is 463 g/mol. The minimum Gasteiger partial charge on any atom is -0.379 e. The number of ether oxygens (including phenoxy) is 1. The second kappa shape index (κ2) is 8.78. The first-order valence-electron chi connectivity index (χ1n) is 8.84. The summed E-state index contributed by atoms with van der Waals surface area (Å²) in [6, 6.07) is 4.55. The zero-order valence-corrected chi connectivity index (χ0v) is 17.6. The minimum atomic E-state index is -4.63. The standard InChI is InChI=1S/C17H21F3N6O2S2/c1-30(27,29)26-14-4-2-3-13(11(14)7-21)24-16-22-8-12(17(18,19)20)15(25-16)23-10-5-6-28-9-10/h2-4,7-8,10,21,30H,5-6,9H2,1H3,(H2,26,27,29)(H2,22,23,24,25). The quantitative estimate of drug-likeness (QED) is 0.214. The number of halogens is 3. The Morgan fingerprint density at radius 1 is 1.37 bits per heavy atom. The van der Waals surface area contributed by atoms with E-state index in [2.05, 4.69) is 37.0 Å². The molecule has 164 valence electrons. The van der Waals surface area contributed by atoms with E-state index < -0.39 is 20.9 Å². The highest BCUT2D eigenvalue weighted by Gasteiger charge is 2.36. The van der Waals surface area contributed by atoms with Crippen LogP contribution in [0.5, 0.6) is 0 Å². The van der Waals surface area contributed by atoms with Crippen LogP contribution in [0.4, 0.5) is 36.3 Å². The molecule has 1 aliphatic heterocycles. The average Bonchev–Trinajstić information content (AvgIpc) is 3.13. The summed E-state index contributed by atoms with van der Waals surface area (Å²) < 4.78 is 60.0. The molecule has 13 heteroatoms. The Morgan fingerprint density at radius 2 is 2.10 bits per heavy atom. The highest BCUT2D eigenvalue weighted by molar-refractivity contribution is 8.69. The predicted molar refractivity (Wildman–Crippen MR) is 116 cm³/mol. The summed E-state index contributed by atoms with van der Waals surface area (Å²) in [7, 11) is -2.95. The molecule has 1 unspecified atom stereocenters. The van der Waals surface area contributed by atoms with Crippen molar-refractivity contribution in [3.8, 4) is 0 Å². The minimum absolute atomic E-state index is 0.0878. The van der Waals surface area contributed by atoms with Gasteiger partial charge in [-0.25, -0.2) is 4.98 Å². The zero-order chi connectivity index (χ0) is 21.9. The third kappa shape index (κ3) is 5.61. The van der Waals surface area contributed by atoms with E-state index in [9.17, 15) is 17.4 Å². The second-order valence-corrected chi connectivity index (χ2v) is 11.0. The SMILES string of the molecule is C[SH](=O)(S)Nc1cccc(Nc2ncc(C(F)(F)F)c(NC3CCOC3)n2)c1C=N. The Labute approximate surface area is 176 Å². The van der Waals surface area contributed by atoms with Crippen LogP contribution in [0.1, 0.15) is 17.5 Å². The molecule has 4 N–H and O–H groups in total. The van der Waals surface area contributed by atoms with E-state index in [1.807, 2.05) is 0 Å². The molecule has 0 aliphatic carbocycles. The molecule has 1 aromatic heterocycles. The summed E-state index contributed by atoms with van der Waals surface area (Å²) in [5.74, 6) is -0.440. The Hall–Kier alpha value is -2.38. The number of thiol groups is 2. The van der Waals surface area contributed by atoms with E-state index >= 15 is 0 Å². The van der Waals surface area contributed by atoms with Gasteiger partial charge in [-0.1, -0.05) is 17.7 Å². The fourth-order valence-electron chi connectivity index (χ4n) is 2.87. The number of nitrogens with one attached hydrogen (secondary N) is 4. The second-order valence-electron chi connectivity index (χ2n) is 6.69. The molecular weight excluding hydrogens is 441 g/mol. The van der Waals surface area contributed by atoms with Crippen molar-refractivity contribution < 1.29 is 22.1 Å². The zero-order valence-electron chi connectivity index (χ0n) is 15.8. The normalized spacial score (nSPS) is 17.4. The Balaban J connectivity index is 1.94. The van der Waals surface area contributed by atoms with E-state index in [1.165, 1.54) is 6.26 Å². The summed E-state index contributed by atoms with van der Waals surface area (Å²) in [6.07, 6.45) is -0.926. The van der Waals surface area contributed by atoms with E-state index in [0.29, 0.717) is 36.2 Å². The molecule has 1 aromatic carbocycles. The molecule has 0 bridgehead atoms. The van der Waals surface area contributed by atoms with Crippen LogP contribution in [-0.4, -0.2) is 45.9 Å². The molecule has 0 radical (unpaired) electrons. The van der Waals surface area contributed by atoms with Gasteiger partial charge in [-0.05, 0) is 27.7 Å².